The van der Waals surface area contributed by atoms with Crippen LogP contribution in [0.2, 0.25) is 5.02 Å². The zero-order chi connectivity index (χ0) is 11.5. The molecule has 1 fully saturated rings. The third-order valence-electron chi connectivity index (χ3n) is 3.16. The van der Waals surface area contributed by atoms with Crippen LogP contribution in [0.3, 0.4) is 0 Å². The predicted molar refractivity (Wildman–Crippen MR) is 64.2 cm³/mol. The molecule has 0 atom stereocenters. The highest BCUT2D eigenvalue weighted by Crippen LogP contribution is 2.26. The topological polar surface area (TPSA) is 24.9 Å². The van der Waals surface area contributed by atoms with Gasteiger partial charge in [0.05, 0.1) is 5.02 Å². The van der Waals surface area contributed by atoms with Crippen LogP contribution in [0.15, 0.2) is 12.3 Å². The fourth-order valence-electron chi connectivity index (χ4n) is 2.12. The fourth-order valence-corrected chi connectivity index (χ4v) is 2.26. The predicted octanol–water partition coefficient (Wildman–Crippen LogP) is 3.86. The van der Waals surface area contributed by atoms with Crippen LogP contribution in [-0.4, -0.2) is 11.0 Å². The average Bonchev–Trinajstić information content (AvgIpc) is 2.25. The van der Waals surface area contributed by atoms with Gasteiger partial charge in [-0.3, -0.25) is 0 Å². The largest absolute Gasteiger partial charge is 0.365 e. The minimum Gasteiger partial charge on any atom is -0.365 e. The van der Waals surface area contributed by atoms with E-state index >= 15 is 0 Å². The number of aromatic nitrogens is 1. The molecule has 1 heterocycles. The third kappa shape index (κ3) is 2.85. The first kappa shape index (κ1) is 11.6. The highest BCUT2D eigenvalue weighted by Gasteiger charge is 2.19. The minimum atomic E-state index is -0.369. The van der Waals surface area contributed by atoms with Crippen molar-refractivity contribution in [3.63, 3.8) is 0 Å². The van der Waals surface area contributed by atoms with E-state index in [9.17, 15) is 4.39 Å². The van der Waals surface area contributed by atoms with Crippen molar-refractivity contribution in [1.29, 1.82) is 0 Å². The first-order valence-electron chi connectivity index (χ1n) is 5.72. The van der Waals surface area contributed by atoms with Gasteiger partial charge in [-0.05, 0) is 37.7 Å². The molecule has 2 rings (SSSR count). The molecule has 88 valence electrons. The lowest BCUT2D eigenvalue weighted by atomic mass is 9.87. The van der Waals surface area contributed by atoms with Crippen molar-refractivity contribution in [3.8, 4) is 0 Å². The summed E-state index contributed by atoms with van der Waals surface area (Å²) in [6.07, 6.45) is 6.05. The zero-order valence-electron chi connectivity index (χ0n) is 9.34. The lowest BCUT2D eigenvalue weighted by Crippen LogP contribution is -2.26. The Hall–Kier alpha value is -0.830. The van der Waals surface area contributed by atoms with Crippen molar-refractivity contribution in [1.82, 2.24) is 4.98 Å². The maximum Gasteiger partial charge on any atom is 0.166 e. The summed E-state index contributed by atoms with van der Waals surface area (Å²) in [4.78, 5) is 3.97. The summed E-state index contributed by atoms with van der Waals surface area (Å²) >= 11 is 5.65. The Morgan fingerprint density at radius 2 is 2.06 bits per heavy atom. The Balaban J connectivity index is 1.98. The van der Waals surface area contributed by atoms with E-state index in [4.69, 9.17) is 11.6 Å². The molecule has 1 N–H and O–H groups in total. The molecule has 0 aliphatic heterocycles. The van der Waals surface area contributed by atoms with Gasteiger partial charge in [-0.15, -0.1) is 0 Å². The summed E-state index contributed by atoms with van der Waals surface area (Å²) < 4.78 is 13.5. The van der Waals surface area contributed by atoms with Gasteiger partial charge in [0.2, 0.25) is 0 Å². The van der Waals surface area contributed by atoms with Gasteiger partial charge in [-0.25, -0.2) is 9.37 Å². The van der Waals surface area contributed by atoms with Crippen LogP contribution in [0.4, 0.5) is 10.2 Å². The molecule has 1 aliphatic carbocycles. The minimum absolute atomic E-state index is 0.323. The third-order valence-corrected chi connectivity index (χ3v) is 3.37. The van der Waals surface area contributed by atoms with Crippen molar-refractivity contribution in [2.75, 3.05) is 5.32 Å². The standard InChI is InChI=1S/C12H16ClFN2/c1-8-2-4-10(5-3-8)16-12-11(14)6-9(13)7-15-12/h6-8,10H,2-5H2,1H3,(H,15,16). The smallest absolute Gasteiger partial charge is 0.166 e. The summed E-state index contributed by atoms with van der Waals surface area (Å²) in [6, 6.07) is 1.64. The molecule has 0 aromatic carbocycles. The van der Waals surface area contributed by atoms with Gasteiger partial charge < -0.3 is 5.32 Å². The van der Waals surface area contributed by atoms with Crippen molar-refractivity contribution in [3.05, 3.63) is 23.1 Å². The van der Waals surface area contributed by atoms with Gasteiger partial charge in [0.15, 0.2) is 11.6 Å². The van der Waals surface area contributed by atoms with E-state index in [1.165, 1.54) is 25.1 Å². The number of nitrogens with one attached hydrogen (secondary N) is 1. The summed E-state index contributed by atoms with van der Waals surface area (Å²) in [5.74, 6) is 0.746. The van der Waals surface area contributed by atoms with E-state index in [-0.39, 0.29) is 5.82 Å². The Morgan fingerprint density at radius 3 is 2.69 bits per heavy atom. The van der Waals surface area contributed by atoms with Gasteiger partial charge in [0, 0.05) is 12.2 Å². The van der Waals surface area contributed by atoms with E-state index in [2.05, 4.69) is 17.2 Å². The molecule has 1 aromatic rings. The number of rotatable bonds is 2. The molecule has 0 amide bonds. The average molecular weight is 243 g/mol. The molecule has 1 aromatic heterocycles. The van der Waals surface area contributed by atoms with Gasteiger partial charge >= 0.3 is 0 Å². The van der Waals surface area contributed by atoms with Crippen LogP contribution >= 0.6 is 11.6 Å². The maximum atomic E-state index is 13.5. The highest BCUT2D eigenvalue weighted by atomic mass is 35.5. The Bertz CT molecular complexity index is 362. The second-order valence-electron chi connectivity index (χ2n) is 4.59. The zero-order valence-corrected chi connectivity index (χ0v) is 10.1. The van der Waals surface area contributed by atoms with Crippen LogP contribution in [0.25, 0.3) is 0 Å². The Labute approximate surface area is 100 Å². The van der Waals surface area contributed by atoms with E-state index in [0.29, 0.717) is 16.9 Å². The molecule has 0 bridgehead atoms. The lowest BCUT2D eigenvalue weighted by molar-refractivity contribution is 0.360. The molecule has 1 aliphatic rings. The summed E-state index contributed by atoms with van der Waals surface area (Å²) in [5, 5.41) is 3.49. The number of hydrogen-bond donors (Lipinski definition) is 1. The molecular weight excluding hydrogens is 227 g/mol. The first-order chi connectivity index (χ1) is 7.65. The number of nitrogens with zero attached hydrogens (tertiary/aromatic N) is 1. The molecule has 0 radical (unpaired) electrons. The lowest BCUT2D eigenvalue weighted by Gasteiger charge is -2.27. The fraction of sp³-hybridized carbons (Fsp3) is 0.583. The number of hydrogen-bond acceptors (Lipinski definition) is 2. The van der Waals surface area contributed by atoms with Crippen LogP contribution in [0.5, 0.6) is 0 Å². The number of anilines is 1. The quantitative estimate of drug-likeness (QED) is 0.852. The first-order valence-corrected chi connectivity index (χ1v) is 6.10. The normalized spacial score (nSPS) is 25.4. The molecule has 0 spiro atoms. The summed E-state index contributed by atoms with van der Waals surface area (Å²) in [7, 11) is 0. The number of halogens is 2. The van der Waals surface area contributed by atoms with Gasteiger partial charge in [-0.2, -0.15) is 0 Å². The van der Waals surface area contributed by atoms with E-state index in [0.717, 1.165) is 18.8 Å². The van der Waals surface area contributed by atoms with Crippen LogP contribution in [0, 0.1) is 11.7 Å². The van der Waals surface area contributed by atoms with E-state index in [1.807, 2.05) is 0 Å². The van der Waals surface area contributed by atoms with Gasteiger partial charge in [-0.1, -0.05) is 18.5 Å². The van der Waals surface area contributed by atoms with Crippen LogP contribution in [-0.2, 0) is 0 Å². The Morgan fingerprint density at radius 1 is 1.38 bits per heavy atom. The molecule has 0 unspecified atom stereocenters. The molecule has 4 heteroatoms. The van der Waals surface area contributed by atoms with Crippen molar-refractivity contribution in [2.45, 2.75) is 38.6 Å². The highest BCUT2D eigenvalue weighted by molar-refractivity contribution is 6.30. The van der Waals surface area contributed by atoms with E-state index in [1.54, 1.807) is 0 Å². The summed E-state index contributed by atoms with van der Waals surface area (Å²) in [5.41, 5.74) is 0. The van der Waals surface area contributed by atoms with Gasteiger partial charge in [0.1, 0.15) is 0 Å². The van der Waals surface area contributed by atoms with Crippen molar-refractivity contribution < 1.29 is 4.39 Å². The molecule has 1 saturated carbocycles. The van der Waals surface area contributed by atoms with Gasteiger partial charge in [0.25, 0.3) is 0 Å². The van der Waals surface area contributed by atoms with Crippen LogP contribution < -0.4 is 5.32 Å². The van der Waals surface area contributed by atoms with Crippen LogP contribution in [0.1, 0.15) is 32.6 Å². The molecule has 16 heavy (non-hydrogen) atoms. The van der Waals surface area contributed by atoms with Crippen molar-refractivity contribution in [2.24, 2.45) is 5.92 Å². The molecule has 2 nitrogen and oxygen atoms in total. The maximum absolute atomic E-state index is 13.5. The number of pyridine rings is 1. The second-order valence-corrected chi connectivity index (χ2v) is 5.02. The SMILES string of the molecule is CC1CCC(Nc2ncc(Cl)cc2F)CC1. The second kappa shape index (κ2) is 5.00. The molecular formula is C12H16ClFN2. The monoisotopic (exact) mass is 242 g/mol. The van der Waals surface area contributed by atoms with Crippen molar-refractivity contribution >= 4 is 17.4 Å². The Kier molecular flexibility index (Phi) is 3.64. The molecule has 0 saturated heterocycles. The summed E-state index contributed by atoms with van der Waals surface area (Å²) in [6.45, 7) is 2.26. The van der Waals surface area contributed by atoms with E-state index < -0.39 is 0 Å².